The van der Waals surface area contributed by atoms with Gasteiger partial charge in [0.1, 0.15) is 6.29 Å². The van der Waals surface area contributed by atoms with Crippen LogP contribution in [0.4, 0.5) is 0 Å². The summed E-state index contributed by atoms with van der Waals surface area (Å²) in [5.41, 5.74) is 0.0121. The van der Waals surface area contributed by atoms with Gasteiger partial charge >= 0.3 is 0 Å². The number of hydrogen-bond acceptors (Lipinski definition) is 3. The molecule has 14 heavy (non-hydrogen) atoms. The number of carbonyl (C=O) groups is 1. The Bertz CT molecular complexity index is 203. The van der Waals surface area contributed by atoms with Crippen LogP contribution in [0.3, 0.4) is 0 Å². The maximum atomic E-state index is 10.2. The standard InChI is InChI=1S/C11H20O3/c1-9(2)5-4-7-11(3,14)10(13)6-8-12/h5,8,10,13-14H,4,6-7H2,1-3H3. The Balaban J connectivity index is 4.05. The molecule has 82 valence electrons. The molecule has 0 aliphatic carbocycles. The SMILES string of the molecule is CC(C)=CCCC(C)(O)C(O)CC=O. The van der Waals surface area contributed by atoms with Crippen LogP contribution in [0.25, 0.3) is 0 Å². The van der Waals surface area contributed by atoms with Crippen molar-refractivity contribution >= 4 is 6.29 Å². The molecule has 0 bridgehead atoms. The van der Waals surface area contributed by atoms with E-state index in [9.17, 15) is 15.0 Å². The van der Waals surface area contributed by atoms with Gasteiger partial charge in [-0.3, -0.25) is 0 Å². The summed E-state index contributed by atoms with van der Waals surface area (Å²) in [6.07, 6.45) is 2.83. The van der Waals surface area contributed by atoms with Gasteiger partial charge < -0.3 is 15.0 Å². The second kappa shape index (κ2) is 5.94. The van der Waals surface area contributed by atoms with Gasteiger partial charge in [-0.15, -0.1) is 0 Å². The van der Waals surface area contributed by atoms with E-state index >= 15 is 0 Å². The Labute approximate surface area is 85.4 Å². The molecule has 0 spiro atoms. The third kappa shape index (κ3) is 5.14. The highest BCUT2D eigenvalue weighted by Gasteiger charge is 2.28. The summed E-state index contributed by atoms with van der Waals surface area (Å²) in [6, 6.07) is 0. The molecule has 2 atom stereocenters. The van der Waals surface area contributed by atoms with Gasteiger partial charge in [0, 0.05) is 6.42 Å². The van der Waals surface area contributed by atoms with Crippen LogP contribution in [0, 0.1) is 0 Å². The van der Waals surface area contributed by atoms with Gasteiger partial charge in [0.15, 0.2) is 0 Å². The van der Waals surface area contributed by atoms with Crippen LogP contribution in [0.1, 0.15) is 40.0 Å². The molecule has 0 aliphatic heterocycles. The second-order valence-corrected chi connectivity index (χ2v) is 4.10. The van der Waals surface area contributed by atoms with Crippen LogP contribution in [-0.2, 0) is 4.79 Å². The highest BCUT2D eigenvalue weighted by atomic mass is 16.3. The summed E-state index contributed by atoms with van der Waals surface area (Å²) in [5.74, 6) is 0. The number of aliphatic hydroxyl groups excluding tert-OH is 1. The Kier molecular flexibility index (Phi) is 5.65. The lowest BCUT2D eigenvalue weighted by Crippen LogP contribution is -2.39. The van der Waals surface area contributed by atoms with Crippen molar-refractivity contribution in [2.75, 3.05) is 0 Å². The molecule has 0 aromatic rings. The first kappa shape index (κ1) is 13.3. The minimum absolute atomic E-state index is 0.0121. The van der Waals surface area contributed by atoms with Crippen molar-refractivity contribution in [3.05, 3.63) is 11.6 Å². The van der Waals surface area contributed by atoms with E-state index in [1.54, 1.807) is 6.92 Å². The van der Waals surface area contributed by atoms with E-state index in [4.69, 9.17) is 0 Å². The highest BCUT2D eigenvalue weighted by molar-refractivity contribution is 5.50. The van der Waals surface area contributed by atoms with E-state index in [0.29, 0.717) is 19.1 Å². The van der Waals surface area contributed by atoms with Crippen molar-refractivity contribution < 1.29 is 15.0 Å². The number of aldehydes is 1. The zero-order valence-corrected chi connectivity index (χ0v) is 9.16. The molecule has 0 rings (SSSR count). The van der Waals surface area contributed by atoms with E-state index < -0.39 is 11.7 Å². The molecule has 0 heterocycles. The smallest absolute Gasteiger partial charge is 0.122 e. The molecule has 0 aromatic heterocycles. The average Bonchev–Trinajstić information content (AvgIpc) is 2.03. The molecule has 2 unspecified atom stereocenters. The molecule has 3 heteroatoms. The quantitative estimate of drug-likeness (QED) is 0.504. The maximum absolute atomic E-state index is 10.2. The first-order chi connectivity index (χ1) is 6.40. The topological polar surface area (TPSA) is 57.5 Å². The molecule has 0 fully saturated rings. The number of hydrogen-bond donors (Lipinski definition) is 2. The van der Waals surface area contributed by atoms with Gasteiger partial charge in [-0.1, -0.05) is 11.6 Å². The highest BCUT2D eigenvalue weighted by Crippen LogP contribution is 2.19. The minimum Gasteiger partial charge on any atom is -0.390 e. The summed E-state index contributed by atoms with van der Waals surface area (Å²) >= 11 is 0. The molecular weight excluding hydrogens is 180 g/mol. The van der Waals surface area contributed by atoms with Crippen molar-refractivity contribution in [3.63, 3.8) is 0 Å². The molecule has 0 saturated heterocycles. The van der Waals surface area contributed by atoms with Crippen molar-refractivity contribution in [3.8, 4) is 0 Å². The van der Waals surface area contributed by atoms with Crippen LogP contribution < -0.4 is 0 Å². The molecule has 2 N–H and O–H groups in total. The number of allylic oxidation sites excluding steroid dienone is 2. The Morgan fingerprint density at radius 2 is 2.07 bits per heavy atom. The van der Waals surface area contributed by atoms with Crippen molar-refractivity contribution in [1.29, 1.82) is 0 Å². The monoisotopic (exact) mass is 200 g/mol. The van der Waals surface area contributed by atoms with E-state index in [1.165, 1.54) is 5.57 Å². The van der Waals surface area contributed by atoms with Gasteiger partial charge in [0.25, 0.3) is 0 Å². The van der Waals surface area contributed by atoms with Crippen LogP contribution in [-0.4, -0.2) is 28.2 Å². The second-order valence-electron chi connectivity index (χ2n) is 4.10. The number of carbonyl (C=O) groups excluding carboxylic acids is 1. The van der Waals surface area contributed by atoms with Crippen molar-refractivity contribution in [1.82, 2.24) is 0 Å². The molecule has 3 nitrogen and oxygen atoms in total. The molecule has 0 radical (unpaired) electrons. The fourth-order valence-corrected chi connectivity index (χ4v) is 1.16. The van der Waals surface area contributed by atoms with Crippen LogP contribution in [0.15, 0.2) is 11.6 Å². The number of aliphatic hydroxyl groups is 2. The lowest BCUT2D eigenvalue weighted by atomic mass is 9.91. The normalized spacial score (nSPS) is 16.9. The van der Waals surface area contributed by atoms with Gasteiger partial charge in [-0.25, -0.2) is 0 Å². The van der Waals surface area contributed by atoms with Crippen LogP contribution in [0.5, 0.6) is 0 Å². The van der Waals surface area contributed by atoms with Gasteiger partial charge in [0.2, 0.25) is 0 Å². The zero-order chi connectivity index (χ0) is 11.2. The third-order valence-electron chi connectivity index (χ3n) is 2.24. The predicted molar refractivity (Wildman–Crippen MR) is 56.0 cm³/mol. The average molecular weight is 200 g/mol. The lowest BCUT2D eigenvalue weighted by Gasteiger charge is -2.27. The molecule has 0 saturated carbocycles. The van der Waals surface area contributed by atoms with E-state index in [-0.39, 0.29) is 6.42 Å². The number of rotatable bonds is 6. The predicted octanol–water partition coefficient (Wildman–Crippen LogP) is 1.43. The van der Waals surface area contributed by atoms with E-state index in [0.717, 1.165) is 0 Å². The van der Waals surface area contributed by atoms with E-state index in [1.807, 2.05) is 19.9 Å². The van der Waals surface area contributed by atoms with E-state index in [2.05, 4.69) is 0 Å². The summed E-state index contributed by atoms with van der Waals surface area (Å²) in [4.78, 5) is 10.2. The Morgan fingerprint density at radius 3 is 2.50 bits per heavy atom. The summed E-state index contributed by atoms with van der Waals surface area (Å²) < 4.78 is 0. The maximum Gasteiger partial charge on any atom is 0.122 e. The lowest BCUT2D eigenvalue weighted by molar-refractivity contribution is -0.116. The summed E-state index contributed by atoms with van der Waals surface area (Å²) in [5, 5.41) is 19.2. The molecule has 0 amide bonds. The molecule has 0 aliphatic rings. The largest absolute Gasteiger partial charge is 0.390 e. The summed E-state index contributed by atoms with van der Waals surface area (Å²) in [6.45, 7) is 5.52. The van der Waals surface area contributed by atoms with Gasteiger partial charge in [-0.2, -0.15) is 0 Å². The molecular formula is C11H20O3. The van der Waals surface area contributed by atoms with Gasteiger partial charge in [-0.05, 0) is 33.6 Å². The summed E-state index contributed by atoms with van der Waals surface area (Å²) in [7, 11) is 0. The first-order valence-electron chi connectivity index (χ1n) is 4.87. The first-order valence-corrected chi connectivity index (χ1v) is 4.87. The fraction of sp³-hybridized carbons (Fsp3) is 0.727. The van der Waals surface area contributed by atoms with Crippen LogP contribution >= 0.6 is 0 Å². The van der Waals surface area contributed by atoms with Crippen molar-refractivity contribution in [2.24, 2.45) is 0 Å². The van der Waals surface area contributed by atoms with Crippen molar-refractivity contribution in [2.45, 2.75) is 51.7 Å². The molecule has 0 aromatic carbocycles. The minimum atomic E-state index is -1.17. The van der Waals surface area contributed by atoms with Gasteiger partial charge in [0.05, 0.1) is 11.7 Å². The fourth-order valence-electron chi connectivity index (χ4n) is 1.16. The Hall–Kier alpha value is -0.670. The zero-order valence-electron chi connectivity index (χ0n) is 9.16. The third-order valence-corrected chi connectivity index (χ3v) is 2.24. The Morgan fingerprint density at radius 1 is 1.50 bits per heavy atom. The van der Waals surface area contributed by atoms with Crippen LogP contribution in [0.2, 0.25) is 0 Å².